The quantitative estimate of drug-likeness (QED) is 0.658. The molecule has 0 fully saturated rings. The lowest BCUT2D eigenvalue weighted by atomic mass is 10.1. The molecule has 0 bridgehead atoms. The predicted molar refractivity (Wildman–Crippen MR) is 78.1 cm³/mol. The summed E-state index contributed by atoms with van der Waals surface area (Å²) in [5.74, 6) is 0.272. The average molecular weight is 265 g/mol. The van der Waals surface area contributed by atoms with E-state index in [1.54, 1.807) is 18.2 Å². The molecule has 0 unspecified atom stereocenters. The standard InChI is InChI=1S/C17H15NO2/c1-10-5-4-6-13-9-15(20-17(10)13)16(19)14-7-11(2)18-12(3)8-14/h4-9H,1-3H3. The van der Waals surface area contributed by atoms with Crippen LogP contribution in [-0.4, -0.2) is 10.8 Å². The molecule has 0 atom stereocenters. The first kappa shape index (κ1) is 12.6. The van der Waals surface area contributed by atoms with Crippen molar-refractivity contribution in [2.45, 2.75) is 20.8 Å². The van der Waals surface area contributed by atoms with Crippen LogP contribution in [0.25, 0.3) is 11.0 Å². The number of hydrogen-bond donors (Lipinski definition) is 0. The van der Waals surface area contributed by atoms with E-state index in [9.17, 15) is 4.79 Å². The van der Waals surface area contributed by atoms with Crippen LogP contribution in [0.5, 0.6) is 0 Å². The van der Waals surface area contributed by atoms with Gasteiger partial charge in [0.15, 0.2) is 5.76 Å². The molecule has 3 rings (SSSR count). The first-order valence-corrected chi connectivity index (χ1v) is 6.54. The van der Waals surface area contributed by atoms with Crippen LogP contribution in [0.4, 0.5) is 0 Å². The number of nitrogens with zero attached hydrogens (tertiary/aromatic N) is 1. The Morgan fingerprint density at radius 3 is 2.40 bits per heavy atom. The molecule has 1 aromatic carbocycles. The molecule has 0 saturated carbocycles. The Balaban J connectivity index is 2.10. The number of benzene rings is 1. The molecule has 0 N–H and O–H groups in total. The van der Waals surface area contributed by atoms with Gasteiger partial charge in [0.05, 0.1) is 0 Å². The molecule has 100 valence electrons. The SMILES string of the molecule is Cc1cc(C(=O)c2cc3cccc(C)c3o2)cc(C)n1. The van der Waals surface area contributed by atoms with Crippen LogP contribution in [0.3, 0.4) is 0 Å². The monoisotopic (exact) mass is 265 g/mol. The molecule has 0 aliphatic heterocycles. The van der Waals surface area contributed by atoms with E-state index < -0.39 is 0 Å². The van der Waals surface area contributed by atoms with E-state index in [4.69, 9.17) is 4.42 Å². The Kier molecular flexibility index (Phi) is 2.90. The molecular formula is C17H15NO2. The number of furan rings is 1. The fraction of sp³-hybridized carbons (Fsp3) is 0.176. The Bertz CT molecular complexity index is 795. The Hall–Kier alpha value is -2.42. The highest BCUT2D eigenvalue weighted by Gasteiger charge is 2.16. The van der Waals surface area contributed by atoms with E-state index in [0.717, 1.165) is 27.9 Å². The van der Waals surface area contributed by atoms with Gasteiger partial charge in [0.1, 0.15) is 5.58 Å². The summed E-state index contributed by atoms with van der Waals surface area (Å²) >= 11 is 0. The lowest BCUT2D eigenvalue weighted by Crippen LogP contribution is -2.02. The van der Waals surface area contributed by atoms with Crippen molar-refractivity contribution in [3.05, 3.63) is 64.7 Å². The van der Waals surface area contributed by atoms with Gasteiger partial charge in [-0.1, -0.05) is 18.2 Å². The van der Waals surface area contributed by atoms with Crippen LogP contribution in [0, 0.1) is 20.8 Å². The molecule has 0 radical (unpaired) electrons. The molecule has 0 saturated heterocycles. The number of para-hydroxylation sites is 1. The third-order valence-electron chi connectivity index (χ3n) is 3.31. The second-order valence-electron chi connectivity index (χ2n) is 5.07. The number of carbonyl (C=O) groups excluding carboxylic acids is 1. The van der Waals surface area contributed by atoms with Crippen LogP contribution in [0.15, 0.2) is 40.8 Å². The van der Waals surface area contributed by atoms with E-state index in [1.165, 1.54) is 0 Å². The topological polar surface area (TPSA) is 43.1 Å². The zero-order chi connectivity index (χ0) is 14.3. The van der Waals surface area contributed by atoms with Gasteiger partial charge in [-0.05, 0) is 44.5 Å². The summed E-state index contributed by atoms with van der Waals surface area (Å²) in [5.41, 5.74) is 4.09. The van der Waals surface area contributed by atoms with Crippen molar-refractivity contribution >= 4 is 16.8 Å². The number of rotatable bonds is 2. The number of pyridine rings is 1. The Labute approximate surface area is 117 Å². The van der Waals surface area contributed by atoms with Crippen LogP contribution in [-0.2, 0) is 0 Å². The largest absolute Gasteiger partial charge is 0.452 e. The summed E-state index contributed by atoms with van der Waals surface area (Å²) in [6, 6.07) is 11.3. The predicted octanol–water partition coefficient (Wildman–Crippen LogP) is 3.98. The number of carbonyl (C=O) groups is 1. The third-order valence-corrected chi connectivity index (χ3v) is 3.31. The number of hydrogen-bond acceptors (Lipinski definition) is 3. The van der Waals surface area contributed by atoms with Gasteiger partial charge in [-0.2, -0.15) is 0 Å². The minimum Gasteiger partial charge on any atom is -0.452 e. The highest BCUT2D eigenvalue weighted by molar-refractivity contribution is 6.09. The molecular weight excluding hydrogens is 250 g/mol. The number of ketones is 1. The van der Waals surface area contributed by atoms with Gasteiger partial charge in [-0.15, -0.1) is 0 Å². The summed E-state index contributed by atoms with van der Waals surface area (Å²) in [6.07, 6.45) is 0. The molecule has 0 aliphatic carbocycles. The fourth-order valence-corrected chi connectivity index (χ4v) is 2.43. The number of aromatic nitrogens is 1. The molecule has 3 nitrogen and oxygen atoms in total. The van der Waals surface area contributed by atoms with E-state index in [0.29, 0.717) is 11.3 Å². The van der Waals surface area contributed by atoms with E-state index in [-0.39, 0.29) is 5.78 Å². The maximum Gasteiger partial charge on any atom is 0.228 e. The third kappa shape index (κ3) is 2.11. The second kappa shape index (κ2) is 4.60. The maximum atomic E-state index is 12.5. The van der Waals surface area contributed by atoms with Crippen molar-refractivity contribution < 1.29 is 9.21 Å². The van der Waals surface area contributed by atoms with E-state index in [2.05, 4.69) is 4.98 Å². The van der Waals surface area contributed by atoms with Crippen LogP contribution in [0.1, 0.15) is 33.1 Å². The highest BCUT2D eigenvalue weighted by Crippen LogP contribution is 2.24. The number of aryl methyl sites for hydroxylation is 3. The molecule has 0 spiro atoms. The molecule has 3 heteroatoms. The van der Waals surface area contributed by atoms with Crippen LogP contribution < -0.4 is 0 Å². The van der Waals surface area contributed by atoms with Crippen molar-refractivity contribution in [2.24, 2.45) is 0 Å². The molecule has 0 amide bonds. The normalized spacial score (nSPS) is 10.9. The lowest BCUT2D eigenvalue weighted by molar-refractivity contribution is 0.101. The van der Waals surface area contributed by atoms with Crippen molar-refractivity contribution in [3.8, 4) is 0 Å². The minimum atomic E-state index is -0.103. The molecule has 2 heterocycles. The first-order valence-electron chi connectivity index (χ1n) is 6.54. The van der Waals surface area contributed by atoms with Gasteiger partial charge in [-0.25, -0.2) is 0 Å². The Morgan fingerprint density at radius 2 is 1.75 bits per heavy atom. The van der Waals surface area contributed by atoms with Gasteiger partial charge in [-0.3, -0.25) is 9.78 Å². The van der Waals surface area contributed by atoms with E-state index in [1.807, 2.05) is 39.0 Å². The van der Waals surface area contributed by atoms with Crippen LogP contribution >= 0.6 is 0 Å². The summed E-state index contributed by atoms with van der Waals surface area (Å²) in [7, 11) is 0. The average Bonchev–Trinajstić information content (AvgIpc) is 2.82. The van der Waals surface area contributed by atoms with Crippen molar-refractivity contribution in [1.82, 2.24) is 4.98 Å². The van der Waals surface area contributed by atoms with Gasteiger partial charge in [0.2, 0.25) is 5.78 Å². The smallest absolute Gasteiger partial charge is 0.228 e. The van der Waals surface area contributed by atoms with Gasteiger partial charge in [0.25, 0.3) is 0 Å². The minimum absolute atomic E-state index is 0.103. The summed E-state index contributed by atoms with van der Waals surface area (Å²) in [6.45, 7) is 5.74. The summed E-state index contributed by atoms with van der Waals surface area (Å²) in [5, 5.41) is 0.954. The molecule has 20 heavy (non-hydrogen) atoms. The number of fused-ring (bicyclic) bond motifs is 1. The van der Waals surface area contributed by atoms with Crippen molar-refractivity contribution in [2.75, 3.05) is 0 Å². The summed E-state index contributed by atoms with van der Waals surface area (Å²) < 4.78 is 5.72. The van der Waals surface area contributed by atoms with Gasteiger partial charge in [0, 0.05) is 22.3 Å². The zero-order valence-electron chi connectivity index (χ0n) is 11.7. The highest BCUT2D eigenvalue weighted by atomic mass is 16.3. The van der Waals surface area contributed by atoms with Crippen molar-refractivity contribution in [1.29, 1.82) is 0 Å². The molecule has 3 aromatic rings. The van der Waals surface area contributed by atoms with E-state index >= 15 is 0 Å². The zero-order valence-corrected chi connectivity index (χ0v) is 11.7. The van der Waals surface area contributed by atoms with Crippen LogP contribution in [0.2, 0.25) is 0 Å². The van der Waals surface area contributed by atoms with Crippen molar-refractivity contribution in [3.63, 3.8) is 0 Å². The lowest BCUT2D eigenvalue weighted by Gasteiger charge is -2.01. The summed E-state index contributed by atoms with van der Waals surface area (Å²) in [4.78, 5) is 16.8. The first-order chi connectivity index (χ1) is 9.54. The molecule has 0 aliphatic rings. The fourth-order valence-electron chi connectivity index (χ4n) is 2.43. The van der Waals surface area contributed by atoms with Gasteiger partial charge >= 0.3 is 0 Å². The maximum absolute atomic E-state index is 12.5. The Morgan fingerprint density at radius 1 is 1.05 bits per heavy atom. The molecule has 2 aromatic heterocycles. The second-order valence-corrected chi connectivity index (χ2v) is 5.07. The van der Waals surface area contributed by atoms with Gasteiger partial charge < -0.3 is 4.42 Å².